The predicted octanol–water partition coefficient (Wildman–Crippen LogP) is 0.429. The fraction of sp³-hybridized carbons (Fsp3) is 0.455. The van der Waals surface area contributed by atoms with Gasteiger partial charge in [-0.05, 0) is 6.92 Å². The molecule has 0 spiro atoms. The second kappa shape index (κ2) is 5.49. The third-order valence-corrected chi connectivity index (χ3v) is 2.52. The second-order valence-electron chi connectivity index (χ2n) is 3.49. The number of esters is 1. The average molecular weight is 242 g/mol. The van der Waals surface area contributed by atoms with Crippen LogP contribution in [0, 0.1) is 5.92 Å². The minimum Gasteiger partial charge on any atom is -0.481 e. The monoisotopic (exact) mass is 242 g/mol. The molecule has 0 saturated carbocycles. The van der Waals surface area contributed by atoms with E-state index in [1.165, 1.54) is 13.2 Å². The Hall–Kier alpha value is -1.82. The Bertz CT molecular complexity index is 381. The van der Waals surface area contributed by atoms with Crippen LogP contribution in [0.2, 0.25) is 0 Å². The Balaban J connectivity index is 3.09. The first-order valence-electron chi connectivity index (χ1n) is 5.01. The summed E-state index contributed by atoms with van der Waals surface area (Å²) in [6.07, 6.45) is 1.06. The first-order chi connectivity index (χ1) is 8.01. The molecule has 0 aliphatic carbocycles. The predicted molar refractivity (Wildman–Crippen MR) is 56.7 cm³/mol. The molecule has 0 aromatic rings. The van der Waals surface area contributed by atoms with Crippen molar-refractivity contribution >= 4 is 11.9 Å². The van der Waals surface area contributed by atoms with Crippen LogP contribution in [0.3, 0.4) is 0 Å². The normalized spacial score (nSPS) is 26.1. The lowest BCUT2D eigenvalue weighted by atomic mass is 9.86. The number of ether oxygens (including phenoxy) is 2. The first kappa shape index (κ1) is 13.2. The van der Waals surface area contributed by atoms with Crippen LogP contribution in [0.4, 0.5) is 0 Å². The number of methoxy groups -OCH3 is 1. The summed E-state index contributed by atoms with van der Waals surface area (Å²) < 4.78 is 9.40. The van der Waals surface area contributed by atoms with Crippen LogP contribution in [0.5, 0.6) is 0 Å². The molecule has 0 saturated heterocycles. The van der Waals surface area contributed by atoms with Crippen LogP contribution in [0.15, 0.2) is 23.5 Å². The fourth-order valence-corrected chi connectivity index (χ4v) is 1.70. The standard InChI is InChI=1S/C11H14O6/c1-3-6-7(4-9(12)13)8(10(14)16-2)5-17-11(6)15/h3,5,7,11,15H,4H2,1-2H3,(H,12,13)/t7-,11+/m0/s1. The van der Waals surface area contributed by atoms with E-state index in [1.807, 2.05) is 0 Å². The summed E-state index contributed by atoms with van der Waals surface area (Å²) in [7, 11) is 1.20. The van der Waals surface area contributed by atoms with E-state index in [1.54, 1.807) is 6.92 Å². The minimum absolute atomic E-state index is 0.0910. The Morgan fingerprint density at radius 3 is 2.71 bits per heavy atom. The first-order valence-corrected chi connectivity index (χ1v) is 5.01. The van der Waals surface area contributed by atoms with Crippen molar-refractivity contribution < 1.29 is 29.3 Å². The highest BCUT2D eigenvalue weighted by atomic mass is 16.6. The van der Waals surface area contributed by atoms with Crippen molar-refractivity contribution in [3.05, 3.63) is 23.5 Å². The smallest absolute Gasteiger partial charge is 0.337 e. The van der Waals surface area contributed by atoms with Crippen molar-refractivity contribution in [2.24, 2.45) is 5.92 Å². The van der Waals surface area contributed by atoms with Gasteiger partial charge in [0.25, 0.3) is 0 Å². The van der Waals surface area contributed by atoms with Gasteiger partial charge in [0.2, 0.25) is 6.29 Å². The summed E-state index contributed by atoms with van der Waals surface area (Å²) in [6, 6.07) is 0. The number of aliphatic carboxylic acids is 1. The van der Waals surface area contributed by atoms with E-state index >= 15 is 0 Å². The van der Waals surface area contributed by atoms with Crippen molar-refractivity contribution in [2.75, 3.05) is 7.11 Å². The zero-order valence-corrected chi connectivity index (χ0v) is 9.54. The van der Waals surface area contributed by atoms with Crippen molar-refractivity contribution in [2.45, 2.75) is 19.6 Å². The van der Waals surface area contributed by atoms with Crippen LogP contribution in [0.1, 0.15) is 13.3 Å². The van der Waals surface area contributed by atoms with Gasteiger partial charge in [-0.1, -0.05) is 6.08 Å². The van der Waals surface area contributed by atoms with Crippen molar-refractivity contribution in [3.63, 3.8) is 0 Å². The molecule has 0 bridgehead atoms. The van der Waals surface area contributed by atoms with Gasteiger partial charge in [0.15, 0.2) is 0 Å². The quantitative estimate of drug-likeness (QED) is 0.550. The summed E-state index contributed by atoms with van der Waals surface area (Å²) in [5.41, 5.74) is 0.434. The van der Waals surface area contributed by atoms with E-state index in [9.17, 15) is 14.7 Å². The molecule has 1 heterocycles. The Kier molecular flexibility index (Phi) is 4.28. The summed E-state index contributed by atoms with van der Waals surface area (Å²) in [5.74, 6) is -2.46. The Labute approximate surface area is 98.1 Å². The number of rotatable bonds is 3. The van der Waals surface area contributed by atoms with Gasteiger partial charge in [0, 0.05) is 11.5 Å². The molecular formula is C11H14O6. The van der Waals surface area contributed by atoms with E-state index in [0.29, 0.717) is 5.57 Å². The highest BCUT2D eigenvalue weighted by molar-refractivity contribution is 5.90. The topological polar surface area (TPSA) is 93.1 Å². The molecule has 94 valence electrons. The zero-order chi connectivity index (χ0) is 13.0. The summed E-state index contributed by atoms with van der Waals surface area (Å²) in [4.78, 5) is 22.2. The number of carbonyl (C=O) groups is 2. The van der Waals surface area contributed by atoms with Crippen LogP contribution < -0.4 is 0 Å². The van der Waals surface area contributed by atoms with Crippen molar-refractivity contribution in [1.29, 1.82) is 0 Å². The van der Waals surface area contributed by atoms with Gasteiger partial charge in [-0.3, -0.25) is 4.79 Å². The summed E-state index contributed by atoms with van der Waals surface area (Å²) in [6.45, 7) is 1.64. The molecule has 0 unspecified atom stereocenters. The number of carbonyl (C=O) groups excluding carboxylic acids is 1. The van der Waals surface area contributed by atoms with Crippen molar-refractivity contribution in [1.82, 2.24) is 0 Å². The maximum absolute atomic E-state index is 11.5. The molecule has 17 heavy (non-hydrogen) atoms. The maximum Gasteiger partial charge on any atom is 0.337 e. The van der Waals surface area contributed by atoms with Gasteiger partial charge in [0.05, 0.1) is 25.4 Å². The highest BCUT2D eigenvalue weighted by Gasteiger charge is 2.35. The summed E-state index contributed by atoms with van der Waals surface area (Å²) in [5, 5.41) is 18.4. The number of hydrogen-bond donors (Lipinski definition) is 2. The molecule has 0 radical (unpaired) electrons. The lowest BCUT2D eigenvalue weighted by Gasteiger charge is -2.28. The molecule has 0 amide bonds. The van der Waals surface area contributed by atoms with E-state index in [0.717, 1.165) is 6.26 Å². The highest BCUT2D eigenvalue weighted by Crippen LogP contribution is 2.32. The molecule has 1 aliphatic rings. The number of aliphatic hydroxyl groups excluding tert-OH is 1. The van der Waals surface area contributed by atoms with Crippen LogP contribution >= 0.6 is 0 Å². The maximum atomic E-state index is 11.5. The van der Waals surface area contributed by atoms with Gasteiger partial charge < -0.3 is 19.7 Å². The van der Waals surface area contributed by atoms with Gasteiger partial charge in [-0.15, -0.1) is 0 Å². The molecular weight excluding hydrogens is 228 g/mol. The summed E-state index contributed by atoms with van der Waals surface area (Å²) >= 11 is 0. The molecule has 6 nitrogen and oxygen atoms in total. The molecule has 0 fully saturated rings. The molecule has 0 aromatic carbocycles. The van der Waals surface area contributed by atoms with Gasteiger partial charge in [0.1, 0.15) is 0 Å². The van der Waals surface area contributed by atoms with Gasteiger partial charge >= 0.3 is 11.9 Å². The molecule has 0 aromatic heterocycles. The number of allylic oxidation sites excluding steroid dienone is 1. The third-order valence-electron chi connectivity index (χ3n) is 2.52. The minimum atomic E-state index is -1.22. The Morgan fingerprint density at radius 1 is 1.59 bits per heavy atom. The van der Waals surface area contributed by atoms with E-state index in [2.05, 4.69) is 4.74 Å². The van der Waals surface area contributed by atoms with E-state index in [-0.39, 0.29) is 12.0 Å². The average Bonchev–Trinajstić information content (AvgIpc) is 2.28. The lowest BCUT2D eigenvalue weighted by Crippen LogP contribution is -2.30. The van der Waals surface area contributed by atoms with Crippen LogP contribution in [-0.4, -0.2) is 35.6 Å². The molecule has 2 N–H and O–H groups in total. The SMILES string of the molecule is CC=C1[C@H](CC(=O)O)C(C(=O)OC)=CO[C@H]1O. The number of carboxylic acids is 1. The molecule has 1 rings (SSSR count). The molecule has 1 aliphatic heterocycles. The molecule has 6 heteroatoms. The van der Waals surface area contributed by atoms with E-state index < -0.39 is 24.1 Å². The van der Waals surface area contributed by atoms with E-state index in [4.69, 9.17) is 9.84 Å². The lowest BCUT2D eigenvalue weighted by molar-refractivity contribution is -0.139. The zero-order valence-electron chi connectivity index (χ0n) is 9.54. The Morgan fingerprint density at radius 2 is 2.24 bits per heavy atom. The van der Waals surface area contributed by atoms with Crippen LogP contribution in [-0.2, 0) is 19.1 Å². The van der Waals surface area contributed by atoms with Crippen molar-refractivity contribution in [3.8, 4) is 0 Å². The van der Waals surface area contributed by atoms with Gasteiger partial charge in [-0.2, -0.15) is 0 Å². The fourth-order valence-electron chi connectivity index (χ4n) is 1.70. The molecule has 2 atom stereocenters. The second-order valence-corrected chi connectivity index (χ2v) is 3.49. The largest absolute Gasteiger partial charge is 0.481 e. The van der Waals surface area contributed by atoms with Gasteiger partial charge in [-0.25, -0.2) is 4.79 Å². The number of carboxylic acid groups (broad SMARTS) is 1. The number of hydrogen-bond acceptors (Lipinski definition) is 5. The third kappa shape index (κ3) is 2.85. The van der Waals surface area contributed by atoms with Crippen LogP contribution in [0.25, 0.3) is 0 Å². The number of aliphatic hydroxyl groups is 1.